The van der Waals surface area contributed by atoms with Gasteiger partial charge < -0.3 is 19.7 Å². The molecule has 1 aromatic rings. The number of rotatable bonds is 3. The summed E-state index contributed by atoms with van der Waals surface area (Å²) in [6.45, 7) is 1.88. The topological polar surface area (TPSA) is 50.8 Å². The summed E-state index contributed by atoms with van der Waals surface area (Å²) in [6, 6.07) is 6.09. The van der Waals surface area contributed by atoms with E-state index in [0.29, 0.717) is 29.7 Å². The molecule has 23 heavy (non-hydrogen) atoms. The molecule has 2 heterocycles. The van der Waals surface area contributed by atoms with Crippen molar-refractivity contribution in [1.29, 1.82) is 0 Å². The fraction of sp³-hybridized carbons (Fsp3) is 0.471. The first-order valence-electron chi connectivity index (χ1n) is 7.70. The van der Waals surface area contributed by atoms with Crippen LogP contribution in [-0.2, 0) is 4.79 Å². The van der Waals surface area contributed by atoms with E-state index in [1.54, 1.807) is 7.11 Å². The summed E-state index contributed by atoms with van der Waals surface area (Å²) in [6.07, 6.45) is 4.08. The molecule has 1 atom stereocenters. The molecule has 0 saturated carbocycles. The van der Waals surface area contributed by atoms with E-state index >= 15 is 0 Å². The number of fused-ring (bicyclic) bond motifs is 1. The van der Waals surface area contributed by atoms with Crippen molar-refractivity contribution in [1.82, 2.24) is 10.2 Å². The van der Waals surface area contributed by atoms with E-state index in [2.05, 4.69) is 5.32 Å². The van der Waals surface area contributed by atoms with Gasteiger partial charge in [0, 0.05) is 24.7 Å². The van der Waals surface area contributed by atoms with Crippen LogP contribution in [0.3, 0.4) is 0 Å². The standard InChI is InChI=1S/C17H22N2O3.ClH/c1-18-14-6-4-8-19(10-14)17(20)13-9-12-5-3-7-15(21-2)16(12)22-11-13;/h3,5,7,9,14,18H,4,6,8,10-11H2,1-2H3;1H. The van der Waals surface area contributed by atoms with E-state index in [-0.39, 0.29) is 18.3 Å². The first kappa shape index (κ1) is 17.6. The van der Waals surface area contributed by atoms with Crippen LogP contribution in [-0.4, -0.2) is 50.7 Å². The highest BCUT2D eigenvalue weighted by molar-refractivity contribution is 5.99. The van der Waals surface area contributed by atoms with Crippen LogP contribution < -0.4 is 14.8 Å². The van der Waals surface area contributed by atoms with Crippen LogP contribution in [0.5, 0.6) is 11.5 Å². The Balaban J connectivity index is 0.00000192. The molecule has 2 aliphatic heterocycles. The number of ether oxygens (including phenoxy) is 2. The summed E-state index contributed by atoms with van der Waals surface area (Å²) in [4.78, 5) is 14.6. The van der Waals surface area contributed by atoms with Gasteiger partial charge in [0.1, 0.15) is 6.61 Å². The Morgan fingerprint density at radius 2 is 2.26 bits per heavy atom. The lowest BCUT2D eigenvalue weighted by Gasteiger charge is -2.33. The Kier molecular flexibility index (Phi) is 5.91. The molecule has 2 aliphatic rings. The number of carbonyl (C=O) groups is 1. The Bertz CT molecular complexity index is 604. The van der Waals surface area contributed by atoms with Crippen LogP contribution >= 0.6 is 12.4 Å². The van der Waals surface area contributed by atoms with Crippen molar-refractivity contribution in [3.63, 3.8) is 0 Å². The minimum Gasteiger partial charge on any atom is -0.493 e. The second kappa shape index (κ2) is 7.70. The van der Waals surface area contributed by atoms with E-state index in [1.165, 1.54) is 0 Å². The number of likely N-dealkylation sites (N-methyl/N-ethyl adjacent to an activating group) is 1. The molecule has 6 heteroatoms. The summed E-state index contributed by atoms with van der Waals surface area (Å²) in [5, 5.41) is 3.26. The average Bonchev–Trinajstić information content (AvgIpc) is 2.60. The molecular formula is C17H23ClN2O3. The fourth-order valence-corrected chi connectivity index (χ4v) is 3.06. The van der Waals surface area contributed by atoms with Crippen LogP contribution in [0.4, 0.5) is 0 Å². The zero-order chi connectivity index (χ0) is 15.5. The van der Waals surface area contributed by atoms with Crippen molar-refractivity contribution in [2.75, 3.05) is 33.9 Å². The summed E-state index contributed by atoms with van der Waals surface area (Å²) < 4.78 is 11.1. The van der Waals surface area contributed by atoms with E-state index in [4.69, 9.17) is 9.47 Å². The van der Waals surface area contributed by atoms with Crippen LogP contribution in [0.15, 0.2) is 23.8 Å². The lowest BCUT2D eigenvalue weighted by Crippen LogP contribution is -2.47. The highest BCUT2D eigenvalue weighted by atomic mass is 35.5. The van der Waals surface area contributed by atoms with Gasteiger partial charge in [0.05, 0.1) is 12.7 Å². The number of amides is 1. The number of halogens is 1. The van der Waals surface area contributed by atoms with Gasteiger partial charge in [0.2, 0.25) is 0 Å². The van der Waals surface area contributed by atoms with Crippen LogP contribution in [0.25, 0.3) is 6.08 Å². The normalized spacial score (nSPS) is 19.8. The molecule has 0 bridgehead atoms. The smallest absolute Gasteiger partial charge is 0.253 e. The van der Waals surface area contributed by atoms with Crippen molar-refractivity contribution >= 4 is 24.4 Å². The van der Waals surface area contributed by atoms with Gasteiger partial charge in [-0.3, -0.25) is 4.79 Å². The van der Waals surface area contributed by atoms with Crippen LogP contribution in [0.2, 0.25) is 0 Å². The number of methoxy groups -OCH3 is 1. The Labute approximate surface area is 143 Å². The number of para-hydroxylation sites is 1. The number of benzene rings is 1. The summed E-state index contributed by atoms with van der Waals surface area (Å²) in [5.41, 5.74) is 1.61. The number of nitrogens with one attached hydrogen (secondary N) is 1. The fourth-order valence-electron chi connectivity index (χ4n) is 3.06. The molecule has 1 fully saturated rings. The first-order chi connectivity index (χ1) is 10.7. The van der Waals surface area contributed by atoms with Gasteiger partial charge >= 0.3 is 0 Å². The van der Waals surface area contributed by atoms with Crippen molar-refractivity contribution in [3.05, 3.63) is 29.3 Å². The van der Waals surface area contributed by atoms with E-state index < -0.39 is 0 Å². The molecule has 3 rings (SSSR count). The minimum absolute atomic E-state index is 0. The zero-order valence-electron chi connectivity index (χ0n) is 13.5. The predicted molar refractivity (Wildman–Crippen MR) is 92.4 cm³/mol. The summed E-state index contributed by atoms with van der Waals surface area (Å²) in [5.74, 6) is 1.50. The molecule has 1 saturated heterocycles. The maximum absolute atomic E-state index is 12.7. The second-order valence-corrected chi connectivity index (χ2v) is 5.72. The first-order valence-corrected chi connectivity index (χ1v) is 7.70. The number of nitrogens with zero attached hydrogens (tertiary/aromatic N) is 1. The molecule has 1 N–H and O–H groups in total. The third-order valence-corrected chi connectivity index (χ3v) is 4.32. The quantitative estimate of drug-likeness (QED) is 0.917. The van der Waals surface area contributed by atoms with Crippen molar-refractivity contribution in [2.24, 2.45) is 0 Å². The molecule has 1 aromatic carbocycles. The average molecular weight is 339 g/mol. The van der Waals surface area contributed by atoms with Crippen molar-refractivity contribution in [3.8, 4) is 11.5 Å². The third-order valence-electron chi connectivity index (χ3n) is 4.32. The number of hydrogen-bond acceptors (Lipinski definition) is 4. The SMILES string of the molecule is CNC1CCCN(C(=O)C2=Cc3cccc(OC)c3OC2)C1.Cl. The second-order valence-electron chi connectivity index (χ2n) is 5.72. The van der Waals surface area contributed by atoms with Crippen LogP contribution in [0, 0.1) is 0 Å². The monoisotopic (exact) mass is 338 g/mol. The lowest BCUT2D eigenvalue weighted by molar-refractivity contribution is -0.128. The van der Waals surface area contributed by atoms with Gasteiger partial charge in [-0.15, -0.1) is 12.4 Å². The largest absolute Gasteiger partial charge is 0.493 e. The van der Waals surface area contributed by atoms with Gasteiger partial charge in [0.25, 0.3) is 5.91 Å². The Morgan fingerprint density at radius 3 is 3.00 bits per heavy atom. The van der Waals surface area contributed by atoms with E-state index in [1.807, 2.05) is 36.2 Å². The molecule has 0 radical (unpaired) electrons. The van der Waals surface area contributed by atoms with Crippen LogP contribution in [0.1, 0.15) is 18.4 Å². The molecule has 1 amide bonds. The Hall–Kier alpha value is -1.72. The van der Waals surface area contributed by atoms with Crippen molar-refractivity contribution in [2.45, 2.75) is 18.9 Å². The summed E-state index contributed by atoms with van der Waals surface area (Å²) >= 11 is 0. The molecule has 126 valence electrons. The molecule has 0 aromatic heterocycles. The minimum atomic E-state index is 0. The van der Waals surface area contributed by atoms with Gasteiger partial charge in [-0.05, 0) is 32.0 Å². The van der Waals surface area contributed by atoms with Gasteiger partial charge in [-0.25, -0.2) is 0 Å². The number of carbonyl (C=O) groups excluding carboxylic acids is 1. The zero-order valence-corrected chi connectivity index (χ0v) is 14.3. The van der Waals surface area contributed by atoms with E-state index in [0.717, 1.165) is 31.5 Å². The molecule has 5 nitrogen and oxygen atoms in total. The highest BCUT2D eigenvalue weighted by Crippen LogP contribution is 2.35. The number of piperidine rings is 1. The third kappa shape index (κ3) is 3.62. The van der Waals surface area contributed by atoms with Gasteiger partial charge in [-0.2, -0.15) is 0 Å². The highest BCUT2D eigenvalue weighted by Gasteiger charge is 2.27. The van der Waals surface area contributed by atoms with E-state index in [9.17, 15) is 4.79 Å². The number of hydrogen-bond donors (Lipinski definition) is 1. The Morgan fingerprint density at radius 1 is 1.43 bits per heavy atom. The maximum atomic E-state index is 12.7. The lowest BCUT2D eigenvalue weighted by atomic mass is 10.0. The maximum Gasteiger partial charge on any atom is 0.253 e. The molecule has 0 aliphatic carbocycles. The molecule has 0 spiro atoms. The molecule has 1 unspecified atom stereocenters. The molecular weight excluding hydrogens is 316 g/mol. The number of likely N-dealkylation sites (tertiary alicyclic amines) is 1. The summed E-state index contributed by atoms with van der Waals surface area (Å²) in [7, 11) is 3.57. The van der Waals surface area contributed by atoms with Crippen molar-refractivity contribution < 1.29 is 14.3 Å². The predicted octanol–water partition coefficient (Wildman–Crippen LogP) is 2.10. The van der Waals surface area contributed by atoms with Gasteiger partial charge in [-0.1, -0.05) is 12.1 Å². The van der Waals surface area contributed by atoms with Gasteiger partial charge in [0.15, 0.2) is 11.5 Å².